The van der Waals surface area contributed by atoms with Crippen LogP contribution in [0.1, 0.15) is 22.3 Å². The van der Waals surface area contributed by atoms with Crippen molar-refractivity contribution in [3.63, 3.8) is 0 Å². The van der Waals surface area contributed by atoms with Crippen molar-refractivity contribution in [3.8, 4) is 11.5 Å². The number of aryl methyl sites for hydroxylation is 1. The summed E-state index contributed by atoms with van der Waals surface area (Å²) in [6.07, 6.45) is 1.74. The molecule has 2 heterocycles. The Morgan fingerprint density at radius 3 is 2.94 bits per heavy atom. The number of hydrogen-bond donors (Lipinski definition) is 0. The largest absolute Gasteiger partial charge is 0.461 e. The number of carbonyl (C=O) groups excluding carboxylic acids is 1. The lowest BCUT2D eigenvalue weighted by Crippen LogP contribution is -2.03. The lowest BCUT2D eigenvalue weighted by Gasteiger charge is -1.96. The van der Waals surface area contributed by atoms with E-state index in [1.165, 1.54) is 0 Å². The van der Waals surface area contributed by atoms with Crippen LogP contribution in [0.5, 0.6) is 0 Å². The summed E-state index contributed by atoms with van der Waals surface area (Å²) >= 11 is 1.02. The quantitative estimate of drug-likeness (QED) is 0.779. The second kappa shape index (κ2) is 5.01. The van der Waals surface area contributed by atoms with E-state index in [0.29, 0.717) is 18.1 Å². The van der Waals surface area contributed by atoms with Crippen LogP contribution in [-0.4, -0.2) is 26.9 Å². The molecule has 17 heavy (non-hydrogen) atoms. The van der Waals surface area contributed by atoms with Crippen LogP contribution in [0.25, 0.3) is 11.5 Å². The molecular formula is C11H11N3O2S. The van der Waals surface area contributed by atoms with E-state index in [-0.39, 0.29) is 5.01 Å². The molecule has 0 saturated carbocycles. The first-order chi connectivity index (χ1) is 8.20. The second-order valence-corrected chi connectivity index (χ2v) is 4.12. The summed E-state index contributed by atoms with van der Waals surface area (Å²) in [6.45, 7) is 4.03. The number of hydrogen-bond acceptors (Lipinski definition) is 6. The molecule has 88 valence electrons. The summed E-state index contributed by atoms with van der Waals surface area (Å²) in [5.41, 5.74) is 1.72. The van der Waals surface area contributed by atoms with Gasteiger partial charge in [0.05, 0.1) is 6.61 Å². The van der Waals surface area contributed by atoms with Gasteiger partial charge in [-0.3, -0.25) is 4.98 Å². The molecule has 2 rings (SSSR count). The zero-order valence-corrected chi connectivity index (χ0v) is 10.3. The topological polar surface area (TPSA) is 65.0 Å². The van der Waals surface area contributed by atoms with Gasteiger partial charge >= 0.3 is 5.97 Å². The first kappa shape index (κ1) is 11.7. The molecule has 5 nitrogen and oxygen atoms in total. The van der Waals surface area contributed by atoms with Crippen molar-refractivity contribution in [2.24, 2.45) is 0 Å². The Kier molecular flexibility index (Phi) is 3.43. The number of carbonyl (C=O) groups is 1. The van der Waals surface area contributed by atoms with Crippen molar-refractivity contribution >= 4 is 17.5 Å². The second-order valence-electron chi connectivity index (χ2n) is 3.36. The number of pyridine rings is 1. The van der Waals surface area contributed by atoms with Crippen LogP contribution in [0, 0.1) is 6.92 Å². The van der Waals surface area contributed by atoms with E-state index in [0.717, 1.165) is 17.1 Å². The van der Waals surface area contributed by atoms with E-state index in [1.54, 1.807) is 13.1 Å². The number of aromatic nitrogens is 3. The van der Waals surface area contributed by atoms with Gasteiger partial charge in [-0.05, 0) is 37.0 Å². The predicted octanol–water partition coefficient (Wildman–Crippen LogP) is 2.09. The van der Waals surface area contributed by atoms with Crippen molar-refractivity contribution in [1.29, 1.82) is 0 Å². The fourth-order valence-corrected chi connectivity index (χ4v) is 1.77. The molecule has 0 aliphatic carbocycles. The van der Waals surface area contributed by atoms with Crippen molar-refractivity contribution in [2.75, 3.05) is 6.61 Å². The van der Waals surface area contributed by atoms with Crippen molar-refractivity contribution in [3.05, 3.63) is 28.9 Å². The summed E-state index contributed by atoms with van der Waals surface area (Å²) in [7, 11) is 0. The zero-order valence-electron chi connectivity index (χ0n) is 9.51. The lowest BCUT2D eigenvalue weighted by molar-refractivity contribution is 0.0526. The van der Waals surface area contributed by atoms with Crippen LogP contribution in [0.4, 0.5) is 0 Å². The average molecular weight is 249 g/mol. The van der Waals surface area contributed by atoms with Gasteiger partial charge in [-0.1, -0.05) is 6.07 Å². The number of rotatable bonds is 3. The lowest BCUT2D eigenvalue weighted by atomic mass is 10.3. The smallest absolute Gasteiger partial charge is 0.369 e. The molecule has 0 aliphatic rings. The Labute approximate surface area is 103 Å². The third-order valence-electron chi connectivity index (χ3n) is 2.02. The maximum atomic E-state index is 11.4. The van der Waals surface area contributed by atoms with E-state index in [9.17, 15) is 4.79 Å². The standard InChI is InChI=1S/C11H11N3O2S/c1-3-16-11(15)10-13-9(14-17-10)8-5-4-7(2)6-12-8/h4-6H,3H2,1-2H3. The normalized spacial score (nSPS) is 10.2. The summed E-state index contributed by atoms with van der Waals surface area (Å²) in [6, 6.07) is 3.75. The fourth-order valence-electron chi connectivity index (χ4n) is 1.20. The van der Waals surface area contributed by atoms with E-state index < -0.39 is 5.97 Å². The summed E-state index contributed by atoms with van der Waals surface area (Å²) in [4.78, 5) is 19.7. The van der Waals surface area contributed by atoms with Gasteiger partial charge in [0, 0.05) is 6.20 Å². The molecule has 0 amide bonds. The summed E-state index contributed by atoms with van der Waals surface area (Å²) in [5, 5.41) is 0.254. The molecule has 0 spiro atoms. The highest BCUT2D eigenvalue weighted by Crippen LogP contribution is 2.16. The van der Waals surface area contributed by atoms with Crippen LogP contribution in [0.2, 0.25) is 0 Å². The van der Waals surface area contributed by atoms with E-state index in [2.05, 4.69) is 14.3 Å². The van der Waals surface area contributed by atoms with Gasteiger partial charge in [0.25, 0.3) is 0 Å². The molecule has 2 aromatic rings. The molecule has 2 aromatic heterocycles. The average Bonchev–Trinajstić information content (AvgIpc) is 2.80. The predicted molar refractivity (Wildman–Crippen MR) is 63.8 cm³/mol. The molecule has 0 N–H and O–H groups in total. The molecule has 0 aliphatic heterocycles. The number of ether oxygens (including phenoxy) is 1. The molecule has 6 heteroatoms. The zero-order chi connectivity index (χ0) is 12.3. The molecule has 0 bridgehead atoms. The fraction of sp³-hybridized carbons (Fsp3) is 0.273. The molecule has 0 aromatic carbocycles. The van der Waals surface area contributed by atoms with Crippen LogP contribution in [-0.2, 0) is 4.74 Å². The SMILES string of the molecule is CCOC(=O)c1nc(-c2ccc(C)cn2)ns1. The first-order valence-corrected chi connectivity index (χ1v) is 5.92. The Bertz CT molecular complexity index is 522. The molecule has 0 atom stereocenters. The molecule has 0 radical (unpaired) electrons. The minimum absolute atomic E-state index is 0.254. The summed E-state index contributed by atoms with van der Waals surface area (Å²) < 4.78 is 8.93. The van der Waals surface area contributed by atoms with Crippen LogP contribution in [0.15, 0.2) is 18.3 Å². The van der Waals surface area contributed by atoms with E-state index in [1.807, 2.05) is 19.1 Å². The van der Waals surface area contributed by atoms with Gasteiger partial charge in [-0.2, -0.15) is 4.37 Å². The number of esters is 1. The van der Waals surface area contributed by atoms with Gasteiger partial charge in [-0.25, -0.2) is 9.78 Å². The van der Waals surface area contributed by atoms with Crippen LogP contribution < -0.4 is 0 Å². The molecular weight excluding hydrogens is 238 g/mol. The van der Waals surface area contributed by atoms with Crippen molar-refractivity contribution in [2.45, 2.75) is 13.8 Å². The Morgan fingerprint density at radius 1 is 1.47 bits per heavy atom. The van der Waals surface area contributed by atoms with Gasteiger partial charge in [0.1, 0.15) is 5.69 Å². The van der Waals surface area contributed by atoms with Gasteiger partial charge in [0.2, 0.25) is 5.01 Å². The highest BCUT2D eigenvalue weighted by molar-refractivity contribution is 7.07. The van der Waals surface area contributed by atoms with E-state index >= 15 is 0 Å². The van der Waals surface area contributed by atoms with Crippen LogP contribution >= 0.6 is 11.5 Å². The maximum Gasteiger partial charge on any atom is 0.369 e. The highest BCUT2D eigenvalue weighted by Gasteiger charge is 2.14. The minimum Gasteiger partial charge on any atom is -0.461 e. The first-order valence-electron chi connectivity index (χ1n) is 5.14. The van der Waals surface area contributed by atoms with Gasteiger partial charge in [-0.15, -0.1) is 0 Å². The Morgan fingerprint density at radius 2 is 2.29 bits per heavy atom. The minimum atomic E-state index is -0.441. The van der Waals surface area contributed by atoms with Crippen molar-refractivity contribution < 1.29 is 9.53 Å². The van der Waals surface area contributed by atoms with Gasteiger partial charge < -0.3 is 4.74 Å². The van der Waals surface area contributed by atoms with Crippen LogP contribution in [0.3, 0.4) is 0 Å². The third kappa shape index (κ3) is 2.65. The maximum absolute atomic E-state index is 11.4. The molecule has 0 fully saturated rings. The number of nitrogens with zero attached hydrogens (tertiary/aromatic N) is 3. The third-order valence-corrected chi connectivity index (χ3v) is 2.71. The molecule has 0 unspecified atom stereocenters. The highest BCUT2D eigenvalue weighted by atomic mass is 32.1. The Hall–Kier alpha value is -1.82. The van der Waals surface area contributed by atoms with Gasteiger partial charge in [0.15, 0.2) is 5.82 Å². The summed E-state index contributed by atoms with van der Waals surface area (Å²) in [5.74, 6) is 0.0152. The monoisotopic (exact) mass is 249 g/mol. The Balaban J connectivity index is 2.23. The van der Waals surface area contributed by atoms with Crippen molar-refractivity contribution in [1.82, 2.24) is 14.3 Å². The van der Waals surface area contributed by atoms with E-state index in [4.69, 9.17) is 4.74 Å². The molecule has 0 saturated heterocycles.